The summed E-state index contributed by atoms with van der Waals surface area (Å²) in [5, 5.41) is 15.5. The van der Waals surface area contributed by atoms with Gasteiger partial charge in [0.05, 0.1) is 22.4 Å². The van der Waals surface area contributed by atoms with E-state index in [1.807, 2.05) is 26.2 Å². The SMILES string of the molecule is CCc1noc(C(C)Sc2nnc(Cc3csc(C)n3)o2)n1. The number of nitrogens with zero attached hydrogens (tertiary/aromatic N) is 5. The molecule has 0 fully saturated rings. The van der Waals surface area contributed by atoms with Crippen LogP contribution in [0.25, 0.3) is 0 Å². The molecule has 0 amide bonds. The molecule has 0 bridgehead atoms. The quantitative estimate of drug-likeness (QED) is 0.633. The Labute approximate surface area is 135 Å². The van der Waals surface area contributed by atoms with Crippen molar-refractivity contribution >= 4 is 23.1 Å². The summed E-state index contributed by atoms with van der Waals surface area (Å²) in [5.41, 5.74) is 0.945. The van der Waals surface area contributed by atoms with Gasteiger partial charge in [-0.15, -0.1) is 21.5 Å². The highest BCUT2D eigenvalue weighted by molar-refractivity contribution is 7.99. The second-order valence-electron chi connectivity index (χ2n) is 4.66. The number of aryl methyl sites for hydroxylation is 2. The Morgan fingerprint density at radius 1 is 1.32 bits per heavy atom. The topological polar surface area (TPSA) is 90.7 Å². The fraction of sp³-hybridized carbons (Fsp3) is 0.462. The summed E-state index contributed by atoms with van der Waals surface area (Å²) in [6.07, 6.45) is 1.30. The molecule has 3 rings (SSSR count). The van der Waals surface area contributed by atoms with Crippen molar-refractivity contribution in [2.24, 2.45) is 0 Å². The Morgan fingerprint density at radius 3 is 2.86 bits per heavy atom. The molecule has 9 heteroatoms. The highest BCUT2D eigenvalue weighted by Gasteiger charge is 2.19. The zero-order chi connectivity index (χ0) is 15.5. The van der Waals surface area contributed by atoms with E-state index in [0.29, 0.717) is 29.2 Å². The van der Waals surface area contributed by atoms with E-state index in [1.165, 1.54) is 11.8 Å². The fourth-order valence-electron chi connectivity index (χ4n) is 1.78. The number of thioether (sulfide) groups is 1. The zero-order valence-electron chi connectivity index (χ0n) is 12.4. The van der Waals surface area contributed by atoms with E-state index in [2.05, 4.69) is 25.3 Å². The molecule has 3 heterocycles. The Morgan fingerprint density at radius 2 is 2.18 bits per heavy atom. The van der Waals surface area contributed by atoms with Crippen LogP contribution in [0.4, 0.5) is 0 Å². The maximum Gasteiger partial charge on any atom is 0.277 e. The number of aromatic nitrogens is 5. The van der Waals surface area contributed by atoms with Crippen LogP contribution in [0, 0.1) is 6.92 Å². The van der Waals surface area contributed by atoms with Crippen LogP contribution in [0.15, 0.2) is 19.5 Å². The van der Waals surface area contributed by atoms with E-state index in [-0.39, 0.29) is 5.25 Å². The van der Waals surface area contributed by atoms with Crippen molar-refractivity contribution in [2.75, 3.05) is 0 Å². The first-order valence-corrected chi connectivity index (χ1v) is 8.62. The Bertz CT molecular complexity index is 751. The molecule has 3 aromatic rings. The molecule has 0 radical (unpaired) electrons. The highest BCUT2D eigenvalue weighted by Crippen LogP contribution is 2.33. The van der Waals surface area contributed by atoms with Crippen molar-refractivity contribution in [3.8, 4) is 0 Å². The fourth-order valence-corrected chi connectivity index (χ4v) is 3.12. The van der Waals surface area contributed by atoms with E-state index in [0.717, 1.165) is 17.1 Å². The van der Waals surface area contributed by atoms with Crippen molar-refractivity contribution in [1.29, 1.82) is 0 Å². The van der Waals surface area contributed by atoms with Crippen LogP contribution in [0.1, 0.15) is 47.4 Å². The van der Waals surface area contributed by atoms with Gasteiger partial charge in [0.2, 0.25) is 11.8 Å². The van der Waals surface area contributed by atoms with Crippen LogP contribution in [-0.2, 0) is 12.8 Å². The number of thiazole rings is 1. The molecule has 3 aromatic heterocycles. The summed E-state index contributed by atoms with van der Waals surface area (Å²) in [4.78, 5) is 8.69. The Hall–Kier alpha value is -1.74. The standard InChI is InChI=1S/C13H15N5O2S2/c1-4-10-15-12(20-18-10)7(2)22-13-17-16-11(19-13)5-9-6-21-8(3)14-9/h6-7H,4-5H2,1-3H3. The van der Waals surface area contributed by atoms with Crippen molar-refractivity contribution in [3.63, 3.8) is 0 Å². The molecule has 0 aliphatic carbocycles. The van der Waals surface area contributed by atoms with Gasteiger partial charge in [-0.2, -0.15) is 4.98 Å². The first-order valence-electron chi connectivity index (χ1n) is 6.86. The monoisotopic (exact) mass is 337 g/mol. The van der Waals surface area contributed by atoms with Gasteiger partial charge in [-0.1, -0.05) is 23.8 Å². The molecule has 0 aromatic carbocycles. The molecule has 22 heavy (non-hydrogen) atoms. The largest absolute Gasteiger partial charge is 0.416 e. The lowest BCUT2D eigenvalue weighted by atomic mass is 10.3. The molecule has 0 aliphatic rings. The summed E-state index contributed by atoms with van der Waals surface area (Å²) in [6, 6.07) is 0. The van der Waals surface area contributed by atoms with E-state index >= 15 is 0 Å². The minimum atomic E-state index is -0.0392. The molecule has 0 saturated carbocycles. The van der Waals surface area contributed by atoms with E-state index in [4.69, 9.17) is 8.94 Å². The second-order valence-corrected chi connectivity index (χ2v) is 7.01. The molecular formula is C13H15N5O2S2. The molecule has 1 atom stereocenters. The van der Waals surface area contributed by atoms with Crippen molar-refractivity contribution in [3.05, 3.63) is 33.7 Å². The molecule has 7 nitrogen and oxygen atoms in total. The normalized spacial score (nSPS) is 12.7. The molecule has 0 N–H and O–H groups in total. The lowest BCUT2D eigenvalue weighted by Gasteiger charge is -2.00. The smallest absolute Gasteiger partial charge is 0.277 e. The van der Waals surface area contributed by atoms with E-state index in [9.17, 15) is 0 Å². The Kier molecular flexibility index (Phi) is 4.53. The van der Waals surface area contributed by atoms with Gasteiger partial charge in [0.15, 0.2) is 5.82 Å². The molecular weight excluding hydrogens is 322 g/mol. The van der Waals surface area contributed by atoms with Gasteiger partial charge in [0.1, 0.15) is 0 Å². The summed E-state index contributed by atoms with van der Waals surface area (Å²) in [5.74, 6) is 1.82. The maximum absolute atomic E-state index is 5.64. The van der Waals surface area contributed by atoms with Gasteiger partial charge in [0, 0.05) is 11.8 Å². The summed E-state index contributed by atoms with van der Waals surface area (Å²) < 4.78 is 10.9. The third kappa shape index (κ3) is 3.53. The highest BCUT2D eigenvalue weighted by atomic mass is 32.2. The van der Waals surface area contributed by atoms with Crippen LogP contribution in [0.5, 0.6) is 0 Å². The molecule has 1 unspecified atom stereocenters. The van der Waals surface area contributed by atoms with Crippen molar-refractivity contribution in [2.45, 2.75) is 44.1 Å². The number of hydrogen-bond acceptors (Lipinski definition) is 9. The molecule has 0 aliphatic heterocycles. The third-order valence-electron chi connectivity index (χ3n) is 2.87. The van der Waals surface area contributed by atoms with Gasteiger partial charge in [-0.3, -0.25) is 0 Å². The summed E-state index contributed by atoms with van der Waals surface area (Å²) in [6.45, 7) is 5.92. The number of hydrogen-bond donors (Lipinski definition) is 0. The third-order valence-corrected chi connectivity index (χ3v) is 4.62. The minimum Gasteiger partial charge on any atom is -0.416 e. The van der Waals surface area contributed by atoms with Crippen LogP contribution in [-0.4, -0.2) is 25.3 Å². The zero-order valence-corrected chi connectivity index (χ0v) is 14.1. The first kappa shape index (κ1) is 15.2. The number of rotatable bonds is 6. The van der Waals surface area contributed by atoms with Gasteiger partial charge >= 0.3 is 0 Å². The molecule has 0 saturated heterocycles. The lowest BCUT2D eigenvalue weighted by Crippen LogP contribution is -1.90. The lowest BCUT2D eigenvalue weighted by molar-refractivity contribution is 0.373. The first-order chi connectivity index (χ1) is 10.6. The van der Waals surface area contributed by atoms with Crippen LogP contribution in [0.2, 0.25) is 0 Å². The van der Waals surface area contributed by atoms with Gasteiger partial charge in [0.25, 0.3) is 5.22 Å². The van der Waals surface area contributed by atoms with E-state index < -0.39 is 0 Å². The van der Waals surface area contributed by atoms with Crippen LogP contribution in [0.3, 0.4) is 0 Å². The van der Waals surface area contributed by atoms with Crippen LogP contribution < -0.4 is 0 Å². The van der Waals surface area contributed by atoms with Gasteiger partial charge < -0.3 is 8.94 Å². The summed E-state index contributed by atoms with van der Waals surface area (Å²) >= 11 is 3.01. The van der Waals surface area contributed by atoms with Gasteiger partial charge in [-0.05, 0) is 13.8 Å². The molecule has 0 spiro atoms. The Balaban J connectivity index is 1.63. The van der Waals surface area contributed by atoms with Gasteiger partial charge in [-0.25, -0.2) is 4.98 Å². The second kappa shape index (κ2) is 6.57. The average Bonchev–Trinajstić information content (AvgIpc) is 3.21. The predicted molar refractivity (Wildman–Crippen MR) is 81.9 cm³/mol. The average molecular weight is 337 g/mol. The van der Waals surface area contributed by atoms with Crippen LogP contribution >= 0.6 is 23.1 Å². The van der Waals surface area contributed by atoms with Crippen molar-refractivity contribution < 1.29 is 8.94 Å². The minimum absolute atomic E-state index is 0.0392. The predicted octanol–water partition coefficient (Wildman–Crippen LogP) is 3.22. The summed E-state index contributed by atoms with van der Waals surface area (Å²) in [7, 11) is 0. The molecule has 116 valence electrons. The van der Waals surface area contributed by atoms with Crippen molar-refractivity contribution in [1.82, 2.24) is 25.3 Å². The van der Waals surface area contributed by atoms with E-state index in [1.54, 1.807) is 11.3 Å². The maximum atomic E-state index is 5.64.